The lowest BCUT2D eigenvalue weighted by molar-refractivity contribution is 0.0600. The minimum Gasteiger partial charge on any atom is -0.465 e. The molecule has 0 aliphatic carbocycles. The smallest absolute Gasteiger partial charge is 0.339 e. The number of nitrogens with zero attached hydrogens (tertiary/aromatic N) is 5. The van der Waals surface area contributed by atoms with Crippen LogP contribution >= 0.6 is 23.8 Å². The molecule has 0 bridgehead atoms. The summed E-state index contributed by atoms with van der Waals surface area (Å²) in [5.74, 6) is 6.63. The number of aromatic nitrogens is 4. The van der Waals surface area contributed by atoms with Crippen LogP contribution in [0.1, 0.15) is 22.8 Å². The first-order valence-corrected chi connectivity index (χ1v) is 11.9. The Morgan fingerprint density at radius 2 is 1.78 bits per heavy atom. The third-order valence-electron chi connectivity index (χ3n) is 5.36. The Morgan fingerprint density at radius 1 is 1.08 bits per heavy atom. The van der Waals surface area contributed by atoms with Crippen LogP contribution in [-0.2, 0) is 17.8 Å². The van der Waals surface area contributed by atoms with Crippen molar-refractivity contribution >= 4 is 35.5 Å². The second-order valence-corrected chi connectivity index (χ2v) is 8.60. The Morgan fingerprint density at radius 3 is 2.43 bits per heavy atom. The maximum absolute atomic E-state index is 13.3. The van der Waals surface area contributed by atoms with Crippen LogP contribution in [0.3, 0.4) is 0 Å². The van der Waals surface area contributed by atoms with Gasteiger partial charge in [-0.2, -0.15) is 0 Å². The highest BCUT2D eigenvalue weighted by molar-refractivity contribution is 7.71. The highest BCUT2D eigenvalue weighted by Gasteiger charge is 2.11. The van der Waals surface area contributed by atoms with E-state index < -0.39 is 5.97 Å². The minimum atomic E-state index is -0.514. The van der Waals surface area contributed by atoms with Gasteiger partial charge >= 0.3 is 11.7 Å². The number of benzene rings is 2. The van der Waals surface area contributed by atoms with Gasteiger partial charge in [0.05, 0.1) is 31.1 Å². The topological polar surface area (TPSA) is 119 Å². The quantitative estimate of drug-likeness (QED) is 0.216. The number of nitrogen functional groups attached to an aromatic ring is 1. The van der Waals surface area contributed by atoms with Gasteiger partial charge in [0.2, 0.25) is 10.4 Å². The van der Waals surface area contributed by atoms with E-state index in [0.29, 0.717) is 28.8 Å². The van der Waals surface area contributed by atoms with Crippen molar-refractivity contribution in [1.82, 2.24) is 18.8 Å². The number of hydrogen-bond acceptors (Lipinski definition) is 8. The van der Waals surface area contributed by atoms with E-state index in [4.69, 9.17) is 39.1 Å². The molecule has 0 amide bonds. The highest BCUT2D eigenvalue weighted by atomic mass is 35.5. The van der Waals surface area contributed by atoms with Crippen LogP contribution in [0.25, 0.3) is 0 Å². The van der Waals surface area contributed by atoms with Crippen molar-refractivity contribution in [3.8, 4) is 11.5 Å². The van der Waals surface area contributed by atoms with Crippen LogP contribution < -0.4 is 21.9 Å². The molecule has 12 heteroatoms. The lowest BCUT2D eigenvalue weighted by Crippen LogP contribution is -2.49. The fourth-order valence-corrected chi connectivity index (χ4v) is 3.91. The van der Waals surface area contributed by atoms with Crippen molar-refractivity contribution in [1.29, 1.82) is 0 Å². The minimum absolute atomic E-state index is 0.150. The molecule has 0 aliphatic rings. The molecule has 2 aromatic heterocycles. The molecule has 0 aliphatic heterocycles. The van der Waals surface area contributed by atoms with Gasteiger partial charge in [-0.1, -0.05) is 23.7 Å². The molecule has 0 atom stereocenters. The molecule has 4 rings (SSSR count). The van der Waals surface area contributed by atoms with Crippen LogP contribution in [0.4, 0.5) is 5.69 Å². The number of halogens is 1. The van der Waals surface area contributed by atoms with Gasteiger partial charge in [-0.3, -0.25) is 14.1 Å². The van der Waals surface area contributed by atoms with Gasteiger partial charge in [-0.05, 0) is 67.2 Å². The summed E-state index contributed by atoms with van der Waals surface area (Å²) in [7, 11) is 1.29. The van der Waals surface area contributed by atoms with E-state index in [1.54, 1.807) is 36.4 Å². The first-order chi connectivity index (χ1) is 17.8. The number of methoxy groups -OCH3 is 1. The van der Waals surface area contributed by atoms with E-state index in [9.17, 15) is 9.59 Å². The second-order valence-electron chi connectivity index (χ2n) is 7.80. The van der Waals surface area contributed by atoms with Crippen molar-refractivity contribution in [3.63, 3.8) is 0 Å². The Balaban J connectivity index is 1.71. The maximum atomic E-state index is 13.3. The average molecular weight is 539 g/mol. The number of rotatable bonds is 7. The van der Waals surface area contributed by atoms with Gasteiger partial charge < -0.3 is 15.3 Å². The Kier molecular flexibility index (Phi) is 7.85. The SMILES string of the molecule is CCn1c(=S)n(N)c(=Nc2ccc(Oc3cncc(C(=O)OC)c3)cc2)n(Cc2ccc(Cl)cc2)c1=O. The van der Waals surface area contributed by atoms with Gasteiger partial charge in [-0.15, -0.1) is 0 Å². The molecule has 2 heterocycles. The van der Waals surface area contributed by atoms with Crippen LogP contribution in [0, 0.1) is 4.77 Å². The molecule has 10 nitrogen and oxygen atoms in total. The number of pyridine rings is 1. The zero-order chi connectivity index (χ0) is 26.5. The second kappa shape index (κ2) is 11.2. The van der Waals surface area contributed by atoms with E-state index in [1.165, 1.54) is 39.4 Å². The molecule has 0 unspecified atom stereocenters. The molecule has 0 radical (unpaired) electrons. The molecule has 190 valence electrons. The zero-order valence-corrected chi connectivity index (χ0v) is 21.6. The Hall–Kier alpha value is -4.22. The largest absolute Gasteiger partial charge is 0.465 e. The van der Waals surface area contributed by atoms with Gasteiger partial charge in [0.25, 0.3) is 0 Å². The standard InChI is InChI=1S/C25H23ClN6O4S/c1-3-30-24(34)31(15-16-4-6-18(26)7-5-16)23(32(27)25(30)37)29-19-8-10-20(11-9-19)36-21-12-17(13-28-14-21)22(33)35-2/h4-14H,3,15,27H2,1-2H3. The van der Waals surface area contributed by atoms with E-state index in [0.717, 1.165) is 5.56 Å². The van der Waals surface area contributed by atoms with E-state index in [-0.39, 0.29) is 28.2 Å². The zero-order valence-electron chi connectivity index (χ0n) is 20.0. The lowest BCUT2D eigenvalue weighted by atomic mass is 10.2. The molecular formula is C25H23ClN6O4S. The van der Waals surface area contributed by atoms with Crippen LogP contribution in [0.5, 0.6) is 11.5 Å². The van der Waals surface area contributed by atoms with Crippen molar-refractivity contribution in [2.45, 2.75) is 20.0 Å². The normalized spacial score (nSPS) is 11.4. The first-order valence-electron chi connectivity index (χ1n) is 11.1. The average Bonchev–Trinajstić information content (AvgIpc) is 2.91. The Bertz CT molecular complexity index is 1630. The summed E-state index contributed by atoms with van der Waals surface area (Å²) in [6.45, 7) is 2.38. The fourth-order valence-electron chi connectivity index (χ4n) is 3.50. The van der Waals surface area contributed by atoms with Crippen molar-refractivity contribution in [3.05, 3.63) is 104 Å². The van der Waals surface area contributed by atoms with E-state index in [2.05, 4.69) is 9.98 Å². The van der Waals surface area contributed by atoms with Gasteiger partial charge in [0.1, 0.15) is 11.5 Å². The monoisotopic (exact) mass is 538 g/mol. The summed E-state index contributed by atoms with van der Waals surface area (Å²) >= 11 is 11.4. The third kappa shape index (κ3) is 5.79. The molecule has 0 spiro atoms. The number of esters is 1. The molecule has 0 fully saturated rings. The number of carbonyl (C=O) groups is 1. The summed E-state index contributed by atoms with van der Waals surface area (Å²) < 4.78 is 14.7. The highest BCUT2D eigenvalue weighted by Crippen LogP contribution is 2.24. The summed E-state index contributed by atoms with van der Waals surface area (Å²) in [5, 5.41) is 0.592. The Labute approximate surface area is 221 Å². The van der Waals surface area contributed by atoms with E-state index in [1.807, 2.05) is 19.1 Å². The number of carbonyl (C=O) groups excluding carboxylic acids is 1. The fraction of sp³-hybridized carbons (Fsp3) is 0.160. The third-order valence-corrected chi connectivity index (χ3v) is 6.03. The van der Waals surface area contributed by atoms with Gasteiger partial charge in [0, 0.05) is 17.8 Å². The van der Waals surface area contributed by atoms with E-state index >= 15 is 0 Å². The van der Waals surface area contributed by atoms with Gasteiger partial charge in [0.15, 0.2) is 0 Å². The number of nitrogens with two attached hydrogens (primary N) is 1. The van der Waals surface area contributed by atoms with Crippen LogP contribution in [-0.4, -0.2) is 31.9 Å². The number of ether oxygens (including phenoxy) is 2. The summed E-state index contributed by atoms with van der Waals surface area (Å²) in [4.78, 5) is 33.6. The molecule has 37 heavy (non-hydrogen) atoms. The van der Waals surface area contributed by atoms with Crippen molar-refractivity contribution in [2.24, 2.45) is 4.99 Å². The molecular weight excluding hydrogens is 516 g/mol. The van der Waals surface area contributed by atoms with Crippen LogP contribution in [0.15, 0.2) is 76.8 Å². The molecule has 2 N–H and O–H groups in total. The summed E-state index contributed by atoms with van der Waals surface area (Å²) in [5.41, 5.74) is 1.47. The molecule has 0 saturated carbocycles. The molecule has 4 aromatic rings. The predicted molar refractivity (Wildman–Crippen MR) is 141 cm³/mol. The molecule has 0 saturated heterocycles. The summed E-state index contributed by atoms with van der Waals surface area (Å²) in [6, 6.07) is 15.5. The van der Waals surface area contributed by atoms with Crippen molar-refractivity contribution < 1.29 is 14.3 Å². The van der Waals surface area contributed by atoms with Crippen LogP contribution in [0.2, 0.25) is 5.02 Å². The lowest BCUT2D eigenvalue weighted by Gasteiger charge is -2.14. The molecule has 2 aromatic carbocycles. The van der Waals surface area contributed by atoms with Gasteiger partial charge in [-0.25, -0.2) is 19.3 Å². The first kappa shape index (κ1) is 25.9. The maximum Gasteiger partial charge on any atom is 0.339 e. The number of hydrogen-bond donors (Lipinski definition) is 1. The summed E-state index contributed by atoms with van der Waals surface area (Å²) in [6.07, 6.45) is 2.87. The predicted octanol–water partition coefficient (Wildman–Crippen LogP) is 3.82. The van der Waals surface area contributed by atoms with Crippen molar-refractivity contribution in [2.75, 3.05) is 13.0 Å².